The summed E-state index contributed by atoms with van der Waals surface area (Å²) in [5, 5.41) is 4.15. The van der Waals surface area contributed by atoms with Gasteiger partial charge in [0.2, 0.25) is 0 Å². The van der Waals surface area contributed by atoms with Crippen LogP contribution < -0.4 is 11.1 Å². The van der Waals surface area contributed by atoms with Crippen molar-refractivity contribution in [2.75, 3.05) is 17.3 Å². The molecule has 1 aromatic carbocycles. The van der Waals surface area contributed by atoms with E-state index in [0.29, 0.717) is 11.7 Å². The molecule has 0 heterocycles. The van der Waals surface area contributed by atoms with Gasteiger partial charge in [-0.25, -0.2) is 4.39 Å². The fourth-order valence-corrected chi connectivity index (χ4v) is 3.06. The van der Waals surface area contributed by atoms with Crippen molar-refractivity contribution in [3.63, 3.8) is 0 Å². The first-order chi connectivity index (χ1) is 8.19. The van der Waals surface area contributed by atoms with E-state index in [1.165, 1.54) is 25.0 Å². The van der Waals surface area contributed by atoms with E-state index in [4.69, 9.17) is 5.73 Å². The van der Waals surface area contributed by atoms with Gasteiger partial charge in [-0.2, -0.15) is 11.8 Å². The van der Waals surface area contributed by atoms with E-state index in [1.807, 2.05) is 11.8 Å². The number of rotatable bonds is 3. The minimum atomic E-state index is -0.237. The SMILES string of the molecule is CSC1CCC(Nc2cc(F)ccc2N)CC1. The zero-order valence-electron chi connectivity index (χ0n) is 10.1. The van der Waals surface area contributed by atoms with E-state index in [1.54, 1.807) is 6.07 Å². The topological polar surface area (TPSA) is 38.0 Å². The third-order valence-corrected chi connectivity index (χ3v) is 4.52. The second-order valence-electron chi connectivity index (χ2n) is 4.59. The van der Waals surface area contributed by atoms with Crippen LogP contribution in [-0.2, 0) is 0 Å². The molecule has 94 valence electrons. The van der Waals surface area contributed by atoms with Crippen molar-refractivity contribution in [2.24, 2.45) is 0 Å². The number of hydrogen-bond donors (Lipinski definition) is 2. The average Bonchev–Trinajstić information content (AvgIpc) is 2.35. The standard InChI is InChI=1S/C13H19FN2S/c1-17-11-5-3-10(4-6-11)16-13-8-9(14)2-7-12(13)15/h2,7-8,10-11,16H,3-6,15H2,1H3. The second-order valence-corrected chi connectivity index (χ2v) is 5.72. The first kappa shape index (κ1) is 12.6. The van der Waals surface area contributed by atoms with Crippen molar-refractivity contribution in [3.05, 3.63) is 24.0 Å². The second kappa shape index (κ2) is 5.63. The fourth-order valence-electron chi connectivity index (χ4n) is 2.32. The van der Waals surface area contributed by atoms with Crippen molar-refractivity contribution in [1.82, 2.24) is 0 Å². The first-order valence-corrected chi connectivity index (χ1v) is 7.32. The minimum Gasteiger partial charge on any atom is -0.397 e. The van der Waals surface area contributed by atoms with Crippen LogP contribution in [0, 0.1) is 5.82 Å². The Morgan fingerprint density at radius 1 is 1.29 bits per heavy atom. The summed E-state index contributed by atoms with van der Waals surface area (Å²) in [7, 11) is 0. The van der Waals surface area contributed by atoms with Gasteiger partial charge < -0.3 is 11.1 Å². The summed E-state index contributed by atoms with van der Waals surface area (Å²) in [6, 6.07) is 4.93. The molecule has 0 radical (unpaired) electrons. The Morgan fingerprint density at radius 3 is 2.65 bits per heavy atom. The molecular formula is C13H19FN2S. The predicted octanol–water partition coefficient (Wildman–Crippen LogP) is 3.49. The molecule has 3 N–H and O–H groups in total. The summed E-state index contributed by atoms with van der Waals surface area (Å²) in [6.07, 6.45) is 6.91. The Bertz CT molecular complexity index is 376. The predicted molar refractivity (Wildman–Crippen MR) is 74.0 cm³/mol. The third kappa shape index (κ3) is 3.28. The average molecular weight is 254 g/mol. The molecule has 0 spiro atoms. The summed E-state index contributed by atoms with van der Waals surface area (Å²) in [4.78, 5) is 0. The number of nitrogens with two attached hydrogens (primary N) is 1. The van der Waals surface area contributed by atoms with E-state index < -0.39 is 0 Å². The summed E-state index contributed by atoms with van der Waals surface area (Å²) >= 11 is 1.95. The van der Waals surface area contributed by atoms with Crippen LogP contribution in [0.15, 0.2) is 18.2 Å². The number of hydrogen-bond acceptors (Lipinski definition) is 3. The minimum absolute atomic E-state index is 0.237. The number of anilines is 2. The van der Waals surface area contributed by atoms with Gasteiger partial charge in [-0.15, -0.1) is 0 Å². The van der Waals surface area contributed by atoms with Gasteiger partial charge in [0.15, 0.2) is 0 Å². The molecule has 1 fully saturated rings. The van der Waals surface area contributed by atoms with Crippen molar-refractivity contribution in [1.29, 1.82) is 0 Å². The molecule has 0 amide bonds. The maximum absolute atomic E-state index is 13.1. The number of nitrogen functional groups attached to an aromatic ring is 1. The summed E-state index contributed by atoms with van der Waals surface area (Å²) in [5.41, 5.74) is 7.18. The van der Waals surface area contributed by atoms with Crippen molar-refractivity contribution >= 4 is 23.1 Å². The molecular weight excluding hydrogens is 235 g/mol. The highest BCUT2D eigenvalue weighted by atomic mass is 32.2. The van der Waals surface area contributed by atoms with E-state index in [2.05, 4.69) is 11.6 Å². The Balaban J connectivity index is 1.95. The Morgan fingerprint density at radius 2 is 2.00 bits per heavy atom. The highest BCUT2D eigenvalue weighted by molar-refractivity contribution is 7.99. The lowest BCUT2D eigenvalue weighted by Crippen LogP contribution is -2.27. The van der Waals surface area contributed by atoms with Crippen LogP contribution in [0.1, 0.15) is 25.7 Å². The van der Waals surface area contributed by atoms with Gasteiger partial charge in [-0.3, -0.25) is 0 Å². The molecule has 0 aliphatic heterocycles. The van der Waals surface area contributed by atoms with Gasteiger partial charge in [0.05, 0.1) is 11.4 Å². The van der Waals surface area contributed by atoms with Gasteiger partial charge in [-0.1, -0.05) is 0 Å². The zero-order valence-corrected chi connectivity index (χ0v) is 10.9. The molecule has 1 aliphatic rings. The third-order valence-electron chi connectivity index (χ3n) is 3.38. The maximum Gasteiger partial charge on any atom is 0.125 e. The van der Waals surface area contributed by atoms with Crippen LogP contribution in [0.5, 0.6) is 0 Å². The molecule has 1 saturated carbocycles. The molecule has 0 bridgehead atoms. The normalized spacial score (nSPS) is 24.6. The van der Waals surface area contributed by atoms with Crippen molar-refractivity contribution < 1.29 is 4.39 Å². The lowest BCUT2D eigenvalue weighted by atomic mass is 9.94. The lowest BCUT2D eigenvalue weighted by molar-refractivity contribution is 0.473. The highest BCUT2D eigenvalue weighted by Gasteiger charge is 2.20. The molecule has 17 heavy (non-hydrogen) atoms. The van der Waals surface area contributed by atoms with Crippen molar-refractivity contribution in [2.45, 2.75) is 37.0 Å². The number of halogens is 1. The largest absolute Gasteiger partial charge is 0.397 e. The fraction of sp³-hybridized carbons (Fsp3) is 0.538. The van der Waals surface area contributed by atoms with Crippen LogP contribution in [-0.4, -0.2) is 17.5 Å². The highest BCUT2D eigenvalue weighted by Crippen LogP contribution is 2.30. The lowest BCUT2D eigenvalue weighted by Gasteiger charge is -2.29. The Hall–Kier alpha value is -0.900. The van der Waals surface area contributed by atoms with Crippen LogP contribution >= 0.6 is 11.8 Å². The summed E-state index contributed by atoms with van der Waals surface area (Å²) < 4.78 is 13.1. The molecule has 2 rings (SSSR count). The molecule has 2 nitrogen and oxygen atoms in total. The van der Waals surface area contributed by atoms with E-state index in [0.717, 1.165) is 23.8 Å². The molecule has 4 heteroatoms. The van der Waals surface area contributed by atoms with Gasteiger partial charge >= 0.3 is 0 Å². The van der Waals surface area contributed by atoms with Gasteiger partial charge in [0, 0.05) is 11.3 Å². The van der Waals surface area contributed by atoms with Gasteiger partial charge in [0.25, 0.3) is 0 Å². The van der Waals surface area contributed by atoms with E-state index >= 15 is 0 Å². The maximum atomic E-state index is 13.1. The Kier molecular flexibility index (Phi) is 4.15. The monoisotopic (exact) mass is 254 g/mol. The van der Waals surface area contributed by atoms with Crippen molar-refractivity contribution in [3.8, 4) is 0 Å². The number of thioether (sulfide) groups is 1. The summed E-state index contributed by atoms with van der Waals surface area (Å²) in [5.74, 6) is -0.237. The molecule has 0 saturated heterocycles. The van der Waals surface area contributed by atoms with Crippen LogP contribution in [0.2, 0.25) is 0 Å². The van der Waals surface area contributed by atoms with Crippen LogP contribution in [0.3, 0.4) is 0 Å². The van der Waals surface area contributed by atoms with Gasteiger partial charge in [-0.05, 0) is 50.1 Å². The molecule has 1 aliphatic carbocycles. The molecule has 0 aromatic heterocycles. The summed E-state index contributed by atoms with van der Waals surface area (Å²) in [6.45, 7) is 0. The first-order valence-electron chi connectivity index (χ1n) is 6.03. The van der Waals surface area contributed by atoms with E-state index in [-0.39, 0.29) is 5.82 Å². The Labute approximate surface area is 106 Å². The zero-order chi connectivity index (χ0) is 12.3. The number of benzene rings is 1. The van der Waals surface area contributed by atoms with Crippen LogP contribution in [0.4, 0.5) is 15.8 Å². The molecule has 0 atom stereocenters. The molecule has 1 aromatic rings. The van der Waals surface area contributed by atoms with Crippen LogP contribution in [0.25, 0.3) is 0 Å². The van der Waals surface area contributed by atoms with E-state index in [9.17, 15) is 4.39 Å². The smallest absolute Gasteiger partial charge is 0.125 e. The quantitative estimate of drug-likeness (QED) is 0.811. The number of nitrogens with one attached hydrogen (secondary N) is 1. The molecule has 0 unspecified atom stereocenters. The van der Waals surface area contributed by atoms with Gasteiger partial charge in [0.1, 0.15) is 5.82 Å².